The maximum atomic E-state index is 11.0. The van der Waals surface area contributed by atoms with E-state index in [1.807, 2.05) is 36.4 Å². The Kier molecular flexibility index (Phi) is 3.36. The van der Waals surface area contributed by atoms with E-state index in [0.717, 1.165) is 16.0 Å². The van der Waals surface area contributed by atoms with E-state index in [2.05, 4.69) is 6.07 Å². The van der Waals surface area contributed by atoms with Crippen molar-refractivity contribution in [2.24, 2.45) is 0 Å². The first-order valence-electron chi connectivity index (χ1n) is 5.28. The molecule has 17 heavy (non-hydrogen) atoms. The lowest BCUT2D eigenvalue weighted by Crippen LogP contribution is -1.95. The average Bonchev–Trinajstić information content (AvgIpc) is 2.78. The molecule has 2 rings (SSSR count). The molecule has 0 unspecified atom stereocenters. The molecule has 0 radical (unpaired) electrons. The highest BCUT2D eigenvalue weighted by molar-refractivity contribution is 7.16. The van der Waals surface area contributed by atoms with E-state index >= 15 is 0 Å². The molecule has 1 heterocycles. The normalized spacial score (nSPS) is 9.88. The topological polar surface area (TPSA) is 40.9 Å². The van der Waals surface area contributed by atoms with Crippen molar-refractivity contribution in [2.75, 3.05) is 0 Å². The van der Waals surface area contributed by atoms with E-state index in [4.69, 9.17) is 5.26 Å². The Morgan fingerprint density at radius 3 is 2.47 bits per heavy atom. The van der Waals surface area contributed by atoms with Gasteiger partial charge in [0.05, 0.1) is 0 Å². The van der Waals surface area contributed by atoms with Gasteiger partial charge in [-0.1, -0.05) is 24.3 Å². The molecule has 0 aliphatic heterocycles. The molecule has 0 saturated heterocycles. The number of nitrogens with zero attached hydrogens (tertiary/aromatic N) is 1. The van der Waals surface area contributed by atoms with Crippen LogP contribution < -0.4 is 0 Å². The minimum atomic E-state index is 0.167. The summed E-state index contributed by atoms with van der Waals surface area (Å²) in [5, 5.41) is 8.76. The summed E-state index contributed by atoms with van der Waals surface area (Å²) in [7, 11) is 0. The van der Waals surface area contributed by atoms with Gasteiger partial charge in [0.2, 0.25) is 0 Å². The molecule has 0 aliphatic carbocycles. The van der Waals surface area contributed by atoms with E-state index < -0.39 is 0 Å². The van der Waals surface area contributed by atoms with E-state index in [0.29, 0.717) is 11.3 Å². The molecule has 0 saturated carbocycles. The second-order valence-corrected chi connectivity index (χ2v) is 4.94. The summed E-state index contributed by atoms with van der Waals surface area (Å²) in [5.41, 5.74) is 2.11. The quantitative estimate of drug-likeness (QED) is 0.826. The van der Waals surface area contributed by atoms with Crippen molar-refractivity contribution >= 4 is 17.1 Å². The van der Waals surface area contributed by atoms with Crippen LogP contribution in [0.15, 0.2) is 36.4 Å². The number of benzene rings is 1. The minimum absolute atomic E-state index is 0.167. The molecule has 3 heteroatoms. The molecule has 84 valence electrons. The molecule has 0 atom stereocenters. The van der Waals surface area contributed by atoms with Crippen LogP contribution in [0.4, 0.5) is 0 Å². The van der Waals surface area contributed by atoms with Gasteiger partial charge in [-0.25, -0.2) is 0 Å². The van der Waals surface area contributed by atoms with Crippen LogP contribution in [0.2, 0.25) is 0 Å². The van der Waals surface area contributed by atoms with Crippen LogP contribution in [0.3, 0.4) is 0 Å². The van der Waals surface area contributed by atoms with Crippen LogP contribution in [0.5, 0.6) is 0 Å². The van der Waals surface area contributed by atoms with Crippen molar-refractivity contribution in [1.29, 1.82) is 5.26 Å². The summed E-state index contributed by atoms with van der Waals surface area (Å²) in [5.74, 6) is 0.167. The molecule has 0 amide bonds. The molecule has 0 N–H and O–H groups in total. The van der Waals surface area contributed by atoms with Gasteiger partial charge in [0.1, 0.15) is 16.7 Å². The molecular formula is C14H11NOS. The fraction of sp³-hybridized carbons (Fsp3) is 0.143. The molecule has 1 aromatic heterocycles. The van der Waals surface area contributed by atoms with E-state index in [1.165, 1.54) is 11.3 Å². The summed E-state index contributed by atoms with van der Waals surface area (Å²) in [4.78, 5) is 12.8. The zero-order chi connectivity index (χ0) is 12.3. The zero-order valence-corrected chi connectivity index (χ0v) is 10.3. The third-order valence-corrected chi connectivity index (χ3v) is 3.45. The first-order valence-corrected chi connectivity index (χ1v) is 6.09. The van der Waals surface area contributed by atoms with Gasteiger partial charge in [0.25, 0.3) is 0 Å². The van der Waals surface area contributed by atoms with Gasteiger partial charge in [-0.15, -0.1) is 11.3 Å². The number of hydrogen-bond donors (Lipinski definition) is 0. The minimum Gasteiger partial charge on any atom is -0.300 e. The number of rotatable bonds is 3. The molecule has 0 fully saturated rings. The van der Waals surface area contributed by atoms with Gasteiger partial charge < -0.3 is 0 Å². The number of carbonyl (C=O) groups excluding carboxylic acids is 1. The Balaban J connectivity index is 2.23. The second-order valence-electron chi connectivity index (χ2n) is 3.85. The number of thiophene rings is 1. The summed E-state index contributed by atoms with van der Waals surface area (Å²) in [6.45, 7) is 1.59. The standard InChI is InChI=1S/C14H11NOS/c1-10(16)8-11-2-4-12(5-3-11)14-7-6-13(9-15)17-14/h2-7H,8H2,1H3. The Morgan fingerprint density at radius 2 is 1.94 bits per heavy atom. The Bertz CT molecular complexity index is 575. The SMILES string of the molecule is CC(=O)Cc1ccc(-c2ccc(C#N)s2)cc1. The first-order chi connectivity index (χ1) is 8.19. The Labute approximate surface area is 104 Å². The smallest absolute Gasteiger partial charge is 0.134 e. The number of carbonyl (C=O) groups is 1. The summed E-state index contributed by atoms with van der Waals surface area (Å²) >= 11 is 1.48. The fourth-order valence-corrected chi connectivity index (χ4v) is 2.44. The molecule has 2 aromatic rings. The van der Waals surface area contributed by atoms with Crippen molar-refractivity contribution < 1.29 is 4.79 Å². The highest BCUT2D eigenvalue weighted by Crippen LogP contribution is 2.27. The molecule has 0 bridgehead atoms. The van der Waals surface area contributed by atoms with Crippen LogP contribution in [0.25, 0.3) is 10.4 Å². The second kappa shape index (κ2) is 4.94. The van der Waals surface area contributed by atoms with Gasteiger partial charge >= 0.3 is 0 Å². The summed E-state index contributed by atoms with van der Waals surface area (Å²) in [6, 6.07) is 13.8. The van der Waals surface area contributed by atoms with Crippen LogP contribution in [-0.4, -0.2) is 5.78 Å². The predicted molar refractivity (Wildman–Crippen MR) is 68.9 cm³/mol. The van der Waals surface area contributed by atoms with Crippen molar-refractivity contribution in [3.05, 3.63) is 46.8 Å². The molecule has 0 aliphatic rings. The number of hydrogen-bond acceptors (Lipinski definition) is 3. The van der Waals surface area contributed by atoms with Crippen LogP contribution in [0, 0.1) is 11.3 Å². The average molecular weight is 241 g/mol. The third kappa shape index (κ3) is 2.80. The Hall–Kier alpha value is -1.92. The van der Waals surface area contributed by atoms with Gasteiger partial charge in [-0.3, -0.25) is 4.79 Å². The van der Waals surface area contributed by atoms with E-state index in [-0.39, 0.29) is 5.78 Å². The molecular weight excluding hydrogens is 230 g/mol. The zero-order valence-electron chi connectivity index (χ0n) is 9.43. The lowest BCUT2D eigenvalue weighted by Gasteiger charge is -2.00. The van der Waals surface area contributed by atoms with Gasteiger partial charge in [-0.05, 0) is 30.2 Å². The first kappa shape index (κ1) is 11.6. The number of Topliss-reactive ketones (excluding diaryl/α,β-unsaturated/α-hetero) is 1. The summed E-state index contributed by atoms with van der Waals surface area (Å²) in [6.07, 6.45) is 0.480. The van der Waals surface area contributed by atoms with Crippen LogP contribution in [-0.2, 0) is 11.2 Å². The van der Waals surface area contributed by atoms with Gasteiger partial charge in [0, 0.05) is 11.3 Å². The Morgan fingerprint density at radius 1 is 1.24 bits per heavy atom. The van der Waals surface area contributed by atoms with Gasteiger partial charge in [0.15, 0.2) is 0 Å². The van der Waals surface area contributed by atoms with Crippen molar-refractivity contribution in [3.8, 4) is 16.5 Å². The third-order valence-electron chi connectivity index (χ3n) is 2.41. The number of ketones is 1. The highest BCUT2D eigenvalue weighted by atomic mass is 32.1. The lowest BCUT2D eigenvalue weighted by molar-refractivity contribution is -0.116. The van der Waals surface area contributed by atoms with E-state index in [1.54, 1.807) is 6.92 Å². The van der Waals surface area contributed by atoms with Crippen LogP contribution in [0.1, 0.15) is 17.4 Å². The van der Waals surface area contributed by atoms with Crippen molar-refractivity contribution in [1.82, 2.24) is 0 Å². The highest BCUT2D eigenvalue weighted by Gasteiger charge is 2.03. The maximum absolute atomic E-state index is 11.0. The number of nitriles is 1. The monoisotopic (exact) mass is 241 g/mol. The van der Waals surface area contributed by atoms with Gasteiger partial charge in [-0.2, -0.15) is 5.26 Å². The molecule has 2 nitrogen and oxygen atoms in total. The van der Waals surface area contributed by atoms with Crippen molar-refractivity contribution in [3.63, 3.8) is 0 Å². The van der Waals surface area contributed by atoms with Crippen molar-refractivity contribution in [2.45, 2.75) is 13.3 Å². The molecule has 0 spiro atoms. The fourth-order valence-electron chi connectivity index (χ4n) is 1.63. The van der Waals surface area contributed by atoms with Crippen LogP contribution >= 0.6 is 11.3 Å². The largest absolute Gasteiger partial charge is 0.300 e. The predicted octanol–water partition coefficient (Wildman–Crippen LogP) is 3.42. The maximum Gasteiger partial charge on any atom is 0.134 e. The van der Waals surface area contributed by atoms with E-state index in [9.17, 15) is 4.79 Å². The molecule has 1 aromatic carbocycles. The summed E-state index contributed by atoms with van der Waals surface area (Å²) < 4.78 is 0. The lowest BCUT2D eigenvalue weighted by atomic mass is 10.1.